The second-order valence-electron chi connectivity index (χ2n) is 6.35. The predicted octanol–water partition coefficient (Wildman–Crippen LogP) is 3.64. The van der Waals surface area contributed by atoms with Crippen LogP contribution in [0.5, 0.6) is 0 Å². The van der Waals surface area contributed by atoms with Gasteiger partial charge in [-0.2, -0.15) is 0 Å². The molecule has 28 heavy (non-hydrogen) atoms. The average molecular weight is 518 g/mol. The van der Waals surface area contributed by atoms with Crippen molar-refractivity contribution in [2.45, 2.75) is 26.9 Å². The lowest BCUT2D eigenvalue weighted by molar-refractivity contribution is 0.0955. The Balaban J connectivity index is 0.00000392. The first-order valence-electron chi connectivity index (χ1n) is 9.11. The molecule has 0 unspecified atom stereocenters. The molecule has 1 aromatic heterocycles. The van der Waals surface area contributed by atoms with Gasteiger partial charge in [-0.3, -0.25) is 4.79 Å². The number of aromatic nitrogens is 1. The second kappa shape index (κ2) is 12.0. The van der Waals surface area contributed by atoms with E-state index in [1.165, 1.54) is 0 Å². The van der Waals surface area contributed by atoms with Crippen LogP contribution in [0.25, 0.3) is 0 Å². The summed E-state index contributed by atoms with van der Waals surface area (Å²) in [5, 5.41) is 6.86. The van der Waals surface area contributed by atoms with Crippen molar-refractivity contribution < 1.29 is 4.79 Å². The van der Waals surface area contributed by atoms with Crippen LogP contribution in [0, 0.1) is 0 Å². The molecule has 2 aromatic rings. The third kappa shape index (κ3) is 7.01. The van der Waals surface area contributed by atoms with Crippen molar-refractivity contribution in [1.29, 1.82) is 0 Å². The summed E-state index contributed by atoms with van der Waals surface area (Å²) in [6.07, 6.45) is 1.89. The number of aliphatic imine (C=N–C) groups is 1. The molecule has 2 rings (SSSR count). The number of nitrogens with zero attached hydrogens (tertiary/aromatic N) is 3. The SMILES string of the molecule is CCNC(=O)c1cccc(CN=C(NCC)N(C)Cc2cc(Cl)cn2C)c1.I. The van der Waals surface area contributed by atoms with E-state index in [1.54, 1.807) is 0 Å². The molecule has 0 saturated carbocycles. The average Bonchev–Trinajstić information content (AvgIpc) is 2.96. The molecule has 8 heteroatoms. The van der Waals surface area contributed by atoms with Crippen LogP contribution in [0.3, 0.4) is 0 Å². The fourth-order valence-corrected chi connectivity index (χ4v) is 3.02. The monoisotopic (exact) mass is 517 g/mol. The molecule has 6 nitrogen and oxygen atoms in total. The Hall–Kier alpha value is -1.74. The molecule has 0 atom stereocenters. The fourth-order valence-electron chi connectivity index (χ4n) is 2.75. The molecule has 0 radical (unpaired) electrons. The van der Waals surface area contributed by atoms with Crippen molar-refractivity contribution in [3.05, 3.63) is 58.4 Å². The van der Waals surface area contributed by atoms with E-state index < -0.39 is 0 Å². The summed E-state index contributed by atoms with van der Waals surface area (Å²) >= 11 is 6.08. The molecular weight excluding hydrogens is 489 g/mol. The molecule has 0 fully saturated rings. The number of guanidine groups is 1. The quantitative estimate of drug-likeness (QED) is 0.335. The number of halogens is 2. The lowest BCUT2D eigenvalue weighted by atomic mass is 10.1. The van der Waals surface area contributed by atoms with Gasteiger partial charge in [0, 0.05) is 44.6 Å². The predicted molar refractivity (Wildman–Crippen MR) is 127 cm³/mol. The summed E-state index contributed by atoms with van der Waals surface area (Å²) in [6, 6.07) is 9.52. The molecule has 0 aliphatic rings. The lowest BCUT2D eigenvalue weighted by Crippen LogP contribution is -2.38. The standard InChI is InChI=1S/C20H28ClN5O.HI/c1-5-22-19(27)16-9-7-8-15(10-16)12-24-20(23-6-2)26(4)14-18-11-17(21)13-25(18)3;/h7-11,13H,5-6,12,14H2,1-4H3,(H,22,27)(H,23,24);1H. The summed E-state index contributed by atoms with van der Waals surface area (Å²) in [5.74, 6) is 0.742. The van der Waals surface area contributed by atoms with Gasteiger partial charge in [0.05, 0.1) is 18.1 Å². The Kier molecular flexibility index (Phi) is 10.4. The van der Waals surface area contributed by atoms with Crippen LogP contribution in [0.15, 0.2) is 41.5 Å². The van der Waals surface area contributed by atoms with Gasteiger partial charge in [-0.05, 0) is 37.6 Å². The number of benzene rings is 1. The van der Waals surface area contributed by atoms with Gasteiger partial charge in [0.25, 0.3) is 5.91 Å². The minimum atomic E-state index is -0.0621. The zero-order valence-electron chi connectivity index (χ0n) is 16.8. The third-order valence-corrected chi connectivity index (χ3v) is 4.31. The first kappa shape index (κ1) is 24.3. The minimum absolute atomic E-state index is 0. The Labute approximate surface area is 189 Å². The number of carbonyl (C=O) groups is 1. The molecule has 2 N–H and O–H groups in total. The highest BCUT2D eigenvalue weighted by molar-refractivity contribution is 14.0. The molecule has 0 aliphatic carbocycles. The molecule has 0 aliphatic heterocycles. The van der Waals surface area contributed by atoms with E-state index in [9.17, 15) is 4.79 Å². The molecule has 0 bridgehead atoms. The third-order valence-electron chi connectivity index (χ3n) is 4.11. The van der Waals surface area contributed by atoms with Gasteiger partial charge >= 0.3 is 0 Å². The van der Waals surface area contributed by atoms with Crippen LogP contribution in [0.4, 0.5) is 0 Å². The molecule has 0 saturated heterocycles. The molecule has 1 aromatic carbocycles. The summed E-state index contributed by atoms with van der Waals surface area (Å²) < 4.78 is 2.01. The van der Waals surface area contributed by atoms with Crippen LogP contribution in [-0.4, -0.2) is 41.5 Å². The molecular formula is C20H29ClIN5O. The summed E-state index contributed by atoms with van der Waals surface area (Å²) in [6.45, 7) is 6.51. The minimum Gasteiger partial charge on any atom is -0.357 e. The molecule has 0 spiro atoms. The van der Waals surface area contributed by atoms with E-state index in [2.05, 4.69) is 15.5 Å². The highest BCUT2D eigenvalue weighted by atomic mass is 127. The Morgan fingerprint density at radius 3 is 2.54 bits per heavy atom. The van der Waals surface area contributed by atoms with Crippen molar-refractivity contribution in [2.75, 3.05) is 20.1 Å². The maximum atomic E-state index is 12.0. The number of nitrogens with one attached hydrogen (secondary N) is 2. The van der Waals surface area contributed by atoms with E-state index in [-0.39, 0.29) is 29.9 Å². The normalized spacial score (nSPS) is 11.0. The van der Waals surface area contributed by atoms with E-state index in [0.29, 0.717) is 25.2 Å². The lowest BCUT2D eigenvalue weighted by Gasteiger charge is -2.22. The summed E-state index contributed by atoms with van der Waals surface area (Å²) in [4.78, 5) is 18.8. The second-order valence-corrected chi connectivity index (χ2v) is 6.78. The van der Waals surface area contributed by atoms with Gasteiger partial charge in [0.15, 0.2) is 5.96 Å². The van der Waals surface area contributed by atoms with E-state index in [4.69, 9.17) is 16.6 Å². The number of rotatable bonds is 7. The number of hydrogen-bond acceptors (Lipinski definition) is 2. The van der Waals surface area contributed by atoms with E-state index >= 15 is 0 Å². The first-order chi connectivity index (χ1) is 12.9. The summed E-state index contributed by atoms with van der Waals surface area (Å²) in [7, 11) is 3.97. The zero-order valence-corrected chi connectivity index (χ0v) is 19.9. The van der Waals surface area contributed by atoms with Gasteiger partial charge in [0.1, 0.15) is 0 Å². The van der Waals surface area contributed by atoms with Gasteiger partial charge < -0.3 is 20.1 Å². The largest absolute Gasteiger partial charge is 0.357 e. The molecule has 1 amide bonds. The van der Waals surface area contributed by atoms with Gasteiger partial charge in [-0.1, -0.05) is 23.7 Å². The smallest absolute Gasteiger partial charge is 0.251 e. The number of hydrogen-bond donors (Lipinski definition) is 2. The first-order valence-corrected chi connectivity index (χ1v) is 9.49. The van der Waals surface area contributed by atoms with E-state index in [0.717, 1.165) is 28.8 Å². The number of amides is 1. The highest BCUT2D eigenvalue weighted by Gasteiger charge is 2.10. The van der Waals surface area contributed by atoms with Crippen molar-refractivity contribution in [2.24, 2.45) is 12.0 Å². The molecule has 154 valence electrons. The van der Waals surface area contributed by atoms with Crippen molar-refractivity contribution in [3.63, 3.8) is 0 Å². The Morgan fingerprint density at radius 2 is 1.93 bits per heavy atom. The fraction of sp³-hybridized carbons (Fsp3) is 0.400. The Bertz CT molecular complexity index is 806. The maximum Gasteiger partial charge on any atom is 0.251 e. The zero-order chi connectivity index (χ0) is 19.8. The van der Waals surface area contributed by atoms with Gasteiger partial charge in [0.2, 0.25) is 0 Å². The van der Waals surface area contributed by atoms with Crippen LogP contribution in [-0.2, 0) is 20.1 Å². The summed E-state index contributed by atoms with van der Waals surface area (Å²) in [5.41, 5.74) is 2.75. The highest BCUT2D eigenvalue weighted by Crippen LogP contribution is 2.14. The Morgan fingerprint density at radius 1 is 1.21 bits per heavy atom. The number of carbonyl (C=O) groups excluding carboxylic acids is 1. The number of aryl methyl sites for hydroxylation is 1. The van der Waals surface area contributed by atoms with E-state index in [1.807, 2.05) is 69.0 Å². The van der Waals surface area contributed by atoms with Crippen LogP contribution in [0.2, 0.25) is 5.02 Å². The topological polar surface area (TPSA) is 61.7 Å². The van der Waals surface area contributed by atoms with Crippen LogP contribution in [0.1, 0.15) is 35.5 Å². The van der Waals surface area contributed by atoms with Crippen molar-refractivity contribution in [1.82, 2.24) is 20.1 Å². The van der Waals surface area contributed by atoms with Gasteiger partial charge in [-0.25, -0.2) is 4.99 Å². The van der Waals surface area contributed by atoms with Crippen molar-refractivity contribution >= 4 is 47.4 Å². The van der Waals surface area contributed by atoms with Gasteiger partial charge in [-0.15, -0.1) is 24.0 Å². The maximum absolute atomic E-state index is 12.0. The van der Waals surface area contributed by atoms with Crippen molar-refractivity contribution in [3.8, 4) is 0 Å². The van der Waals surface area contributed by atoms with Crippen LogP contribution < -0.4 is 10.6 Å². The van der Waals surface area contributed by atoms with Crippen LogP contribution >= 0.6 is 35.6 Å². The molecule has 1 heterocycles.